The summed E-state index contributed by atoms with van der Waals surface area (Å²) in [5.41, 5.74) is 7.36. The van der Waals surface area contributed by atoms with Gasteiger partial charge in [-0.2, -0.15) is 4.72 Å². The standard InChI is InChI=1S/C46H45N3O6S2/c1-32-13-23-41(24-14-32)57(52,53)49-42(27-33-8-3-2-4-9-33)45(51)48-29-35-10-7-11-39(26-35)36-19-21-38(22-20-36)46-54-40(31-56-44-12-5-6-25-47-44)28-43(55-46)37-17-15-34(30-50)16-18-37/h2-26,40,42-43,46,49-50H,27-31H2,1H3,(H,48,51)/t40-,42-,43+,46+/m1/s1. The Hall–Kier alpha value is -5.14. The molecule has 2 heterocycles. The van der Waals surface area contributed by atoms with Crippen molar-refractivity contribution < 1.29 is 27.8 Å². The van der Waals surface area contributed by atoms with E-state index in [1.54, 1.807) is 42.2 Å². The Kier molecular flexibility index (Phi) is 13.3. The number of hydrogen-bond donors (Lipinski definition) is 3. The molecule has 57 heavy (non-hydrogen) atoms. The van der Waals surface area contributed by atoms with E-state index in [0.29, 0.717) is 6.42 Å². The van der Waals surface area contributed by atoms with Gasteiger partial charge in [-0.1, -0.05) is 121 Å². The van der Waals surface area contributed by atoms with Gasteiger partial charge in [0.15, 0.2) is 6.29 Å². The van der Waals surface area contributed by atoms with Crippen LogP contribution < -0.4 is 10.0 Å². The van der Waals surface area contributed by atoms with Gasteiger partial charge in [0.25, 0.3) is 0 Å². The second-order valence-corrected chi connectivity index (χ2v) is 16.8. The Morgan fingerprint density at radius 1 is 0.789 bits per heavy atom. The number of pyridine rings is 1. The van der Waals surface area contributed by atoms with E-state index in [-0.39, 0.29) is 36.7 Å². The number of benzene rings is 5. The molecule has 0 bridgehead atoms. The topological polar surface area (TPSA) is 127 Å². The van der Waals surface area contributed by atoms with Crippen molar-refractivity contribution >= 4 is 27.7 Å². The van der Waals surface area contributed by atoms with Crippen LogP contribution >= 0.6 is 11.8 Å². The van der Waals surface area contributed by atoms with E-state index in [0.717, 1.165) is 55.3 Å². The van der Waals surface area contributed by atoms with Crippen molar-refractivity contribution in [2.45, 2.75) is 67.4 Å². The third-order valence-electron chi connectivity index (χ3n) is 9.81. The summed E-state index contributed by atoms with van der Waals surface area (Å²) in [5.74, 6) is 0.297. The highest BCUT2D eigenvalue weighted by Gasteiger charge is 2.32. The number of aromatic nitrogens is 1. The molecule has 7 rings (SSSR count). The minimum Gasteiger partial charge on any atom is -0.392 e. The van der Waals surface area contributed by atoms with Crippen LogP contribution in [0.5, 0.6) is 0 Å². The normalized spacial score (nSPS) is 17.5. The third-order valence-corrected chi connectivity index (χ3v) is 12.4. The largest absolute Gasteiger partial charge is 0.392 e. The van der Waals surface area contributed by atoms with Gasteiger partial charge in [0.05, 0.1) is 28.7 Å². The molecule has 1 aliphatic rings. The fourth-order valence-electron chi connectivity index (χ4n) is 6.65. The van der Waals surface area contributed by atoms with Crippen LogP contribution in [0.1, 0.15) is 52.2 Å². The fourth-order valence-corrected chi connectivity index (χ4v) is 8.73. The summed E-state index contributed by atoms with van der Waals surface area (Å²) in [7, 11) is -3.96. The van der Waals surface area contributed by atoms with E-state index in [1.807, 2.05) is 128 Å². The molecule has 0 spiro atoms. The molecular formula is C46H45N3O6S2. The minimum atomic E-state index is -3.96. The molecule has 0 unspecified atom stereocenters. The van der Waals surface area contributed by atoms with Gasteiger partial charge < -0.3 is 19.9 Å². The van der Waals surface area contributed by atoms with Gasteiger partial charge in [-0.15, -0.1) is 11.8 Å². The molecule has 1 saturated heterocycles. The Balaban J connectivity index is 1.03. The van der Waals surface area contributed by atoms with Crippen molar-refractivity contribution in [2.75, 3.05) is 5.75 Å². The average molecular weight is 800 g/mol. The molecule has 1 fully saturated rings. The van der Waals surface area contributed by atoms with E-state index in [9.17, 15) is 18.3 Å². The molecule has 1 amide bonds. The molecule has 0 saturated carbocycles. The maximum atomic E-state index is 13.6. The second kappa shape index (κ2) is 18.9. The number of aliphatic hydroxyl groups is 1. The van der Waals surface area contributed by atoms with Crippen molar-refractivity contribution in [3.05, 3.63) is 185 Å². The zero-order valence-electron chi connectivity index (χ0n) is 31.5. The van der Waals surface area contributed by atoms with Crippen molar-refractivity contribution in [3.8, 4) is 11.1 Å². The predicted octanol–water partition coefficient (Wildman–Crippen LogP) is 8.09. The first-order valence-electron chi connectivity index (χ1n) is 18.9. The number of carbonyl (C=O) groups is 1. The highest BCUT2D eigenvalue weighted by molar-refractivity contribution is 7.99. The molecule has 0 radical (unpaired) electrons. The van der Waals surface area contributed by atoms with Crippen molar-refractivity contribution in [2.24, 2.45) is 0 Å². The van der Waals surface area contributed by atoms with Crippen LogP contribution in [0.2, 0.25) is 0 Å². The van der Waals surface area contributed by atoms with E-state index < -0.39 is 28.3 Å². The first-order chi connectivity index (χ1) is 27.7. The Morgan fingerprint density at radius 2 is 1.51 bits per heavy atom. The summed E-state index contributed by atoms with van der Waals surface area (Å²) in [6.45, 7) is 2.09. The second-order valence-electron chi connectivity index (χ2n) is 14.0. The van der Waals surface area contributed by atoms with Crippen LogP contribution in [-0.4, -0.2) is 42.3 Å². The lowest BCUT2D eigenvalue weighted by Gasteiger charge is -2.36. The molecule has 292 valence electrons. The number of nitrogens with one attached hydrogen (secondary N) is 2. The smallest absolute Gasteiger partial charge is 0.241 e. The Bertz CT molecular complexity index is 2330. The molecule has 1 aliphatic heterocycles. The molecule has 4 atom stereocenters. The van der Waals surface area contributed by atoms with Crippen LogP contribution in [0.15, 0.2) is 162 Å². The number of ether oxygens (including phenoxy) is 2. The zero-order chi connectivity index (χ0) is 39.6. The fraction of sp³-hybridized carbons (Fsp3) is 0.217. The average Bonchev–Trinajstić information content (AvgIpc) is 3.25. The molecule has 9 nitrogen and oxygen atoms in total. The molecule has 1 aromatic heterocycles. The molecule has 6 aromatic rings. The van der Waals surface area contributed by atoms with Crippen molar-refractivity contribution in [3.63, 3.8) is 0 Å². The van der Waals surface area contributed by atoms with E-state index in [4.69, 9.17) is 9.47 Å². The summed E-state index contributed by atoms with van der Waals surface area (Å²) in [4.78, 5) is 18.2. The minimum absolute atomic E-state index is 0.0150. The highest BCUT2D eigenvalue weighted by Crippen LogP contribution is 2.40. The van der Waals surface area contributed by atoms with Crippen LogP contribution in [0.3, 0.4) is 0 Å². The lowest BCUT2D eigenvalue weighted by Crippen LogP contribution is -2.47. The monoisotopic (exact) mass is 799 g/mol. The maximum Gasteiger partial charge on any atom is 0.241 e. The van der Waals surface area contributed by atoms with Crippen molar-refractivity contribution in [1.29, 1.82) is 0 Å². The number of aliphatic hydroxyl groups excluding tert-OH is 1. The summed E-state index contributed by atoms with van der Waals surface area (Å²) < 4.78 is 42.4. The number of sulfonamides is 1. The van der Waals surface area contributed by atoms with Gasteiger partial charge in [-0.3, -0.25) is 4.79 Å². The molecule has 0 aliphatic carbocycles. The van der Waals surface area contributed by atoms with Crippen LogP contribution in [0.25, 0.3) is 11.1 Å². The Labute approximate surface area is 338 Å². The molecule has 11 heteroatoms. The lowest BCUT2D eigenvalue weighted by molar-refractivity contribution is -0.245. The SMILES string of the molecule is Cc1ccc(S(=O)(=O)N[C@H](Cc2ccccc2)C(=O)NCc2cccc(-c3ccc([C@H]4O[C@@H](CSc5ccccn5)C[C@@H](c5ccc(CO)cc5)O4)cc3)c2)cc1. The quantitative estimate of drug-likeness (QED) is 0.0891. The first kappa shape index (κ1) is 40.1. The van der Waals surface area contributed by atoms with Gasteiger partial charge in [-0.25, -0.2) is 13.4 Å². The number of rotatable bonds is 15. The van der Waals surface area contributed by atoms with Gasteiger partial charge in [0.1, 0.15) is 6.04 Å². The van der Waals surface area contributed by atoms with E-state index in [2.05, 4.69) is 15.0 Å². The molecular weight excluding hydrogens is 755 g/mol. The van der Waals surface area contributed by atoms with Crippen molar-refractivity contribution in [1.82, 2.24) is 15.0 Å². The van der Waals surface area contributed by atoms with E-state index in [1.165, 1.54) is 0 Å². The number of amides is 1. The number of aryl methyl sites for hydroxylation is 1. The number of nitrogens with zero attached hydrogens (tertiary/aromatic N) is 1. The molecule has 3 N–H and O–H groups in total. The van der Waals surface area contributed by atoms with Crippen LogP contribution in [0.4, 0.5) is 0 Å². The van der Waals surface area contributed by atoms with Gasteiger partial charge in [-0.05, 0) is 77.1 Å². The van der Waals surface area contributed by atoms with Gasteiger partial charge in [0.2, 0.25) is 15.9 Å². The molecule has 5 aromatic carbocycles. The summed E-state index contributed by atoms with van der Waals surface area (Å²) in [5, 5.41) is 13.5. The third kappa shape index (κ3) is 10.8. The first-order valence-corrected chi connectivity index (χ1v) is 21.3. The van der Waals surface area contributed by atoms with Gasteiger partial charge >= 0.3 is 0 Å². The van der Waals surface area contributed by atoms with Crippen LogP contribution in [0, 0.1) is 6.92 Å². The lowest BCUT2D eigenvalue weighted by atomic mass is 9.99. The summed E-state index contributed by atoms with van der Waals surface area (Å²) in [6, 6.07) is 44.6. The Morgan fingerprint density at radius 3 is 2.23 bits per heavy atom. The predicted molar refractivity (Wildman–Crippen MR) is 223 cm³/mol. The number of thioether (sulfide) groups is 1. The number of hydrogen-bond acceptors (Lipinski definition) is 8. The zero-order valence-corrected chi connectivity index (χ0v) is 33.2. The van der Waals surface area contributed by atoms with E-state index >= 15 is 0 Å². The van der Waals surface area contributed by atoms with Gasteiger partial charge in [0, 0.05) is 30.5 Å². The highest BCUT2D eigenvalue weighted by atomic mass is 32.2. The summed E-state index contributed by atoms with van der Waals surface area (Å²) >= 11 is 1.66. The number of carbonyl (C=O) groups excluding carboxylic acids is 1. The van der Waals surface area contributed by atoms with Crippen LogP contribution in [-0.2, 0) is 43.9 Å². The summed E-state index contributed by atoms with van der Waals surface area (Å²) in [6.07, 6.45) is 1.80. The maximum absolute atomic E-state index is 13.6.